The van der Waals surface area contributed by atoms with Gasteiger partial charge in [-0.05, 0) is 19.3 Å². The lowest BCUT2D eigenvalue weighted by Gasteiger charge is -2.29. The van der Waals surface area contributed by atoms with Crippen molar-refractivity contribution in [3.05, 3.63) is 11.8 Å². The molecule has 0 amide bonds. The Morgan fingerprint density at radius 3 is 2.48 bits per heavy atom. The lowest BCUT2D eigenvalue weighted by atomic mass is 9.82. The Morgan fingerprint density at radius 1 is 1.17 bits per heavy atom. The number of nitrogens with zero attached hydrogens (tertiary/aromatic N) is 6. The Balaban J connectivity index is 1.58. The van der Waals surface area contributed by atoms with Crippen LogP contribution in [0.15, 0.2) is 6.07 Å². The third kappa shape index (κ3) is 3.60. The van der Waals surface area contributed by atoms with Crippen molar-refractivity contribution >= 4 is 22.0 Å². The van der Waals surface area contributed by atoms with Gasteiger partial charge in [-0.15, -0.1) is 0 Å². The summed E-state index contributed by atoms with van der Waals surface area (Å²) in [5, 5.41) is 10.2. The van der Waals surface area contributed by atoms with Crippen molar-refractivity contribution in [2.75, 3.05) is 69.8 Å². The molecule has 1 aromatic rings. The smallest absolute Gasteiger partial charge is 0.281 e. The summed E-state index contributed by atoms with van der Waals surface area (Å²) >= 11 is 0. The van der Waals surface area contributed by atoms with Gasteiger partial charge in [-0.1, -0.05) is 6.92 Å². The first-order valence-electron chi connectivity index (χ1n) is 10.5. The summed E-state index contributed by atoms with van der Waals surface area (Å²) in [6.45, 7) is 6.13. The van der Waals surface area contributed by atoms with E-state index in [9.17, 15) is 13.5 Å². The van der Waals surface area contributed by atoms with Crippen LogP contribution in [0.2, 0.25) is 0 Å². The monoisotopic (exact) mass is 424 g/mol. The Hall–Kier alpha value is -1.49. The predicted molar refractivity (Wildman–Crippen MR) is 112 cm³/mol. The lowest BCUT2D eigenvalue weighted by molar-refractivity contribution is 0.131. The van der Waals surface area contributed by atoms with E-state index in [0.717, 1.165) is 37.0 Å². The Bertz CT molecular complexity index is 858. The highest BCUT2D eigenvalue weighted by Crippen LogP contribution is 2.44. The molecule has 162 valence electrons. The highest BCUT2D eigenvalue weighted by atomic mass is 32.2. The van der Waals surface area contributed by atoms with E-state index in [4.69, 9.17) is 9.97 Å². The lowest BCUT2D eigenvalue weighted by Crippen LogP contribution is -2.43. The number of aliphatic hydroxyl groups is 1. The minimum atomic E-state index is -3.47. The molecule has 3 fully saturated rings. The van der Waals surface area contributed by atoms with Gasteiger partial charge in [0.05, 0.1) is 6.61 Å². The number of aromatic nitrogens is 2. The molecular weight excluding hydrogens is 392 g/mol. The number of rotatable bonds is 6. The summed E-state index contributed by atoms with van der Waals surface area (Å²) in [5.74, 6) is 1.77. The first kappa shape index (κ1) is 20.8. The molecule has 0 bridgehead atoms. The van der Waals surface area contributed by atoms with Crippen LogP contribution in [-0.2, 0) is 16.6 Å². The van der Waals surface area contributed by atoms with Crippen LogP contribution in [0, 0.1) is 11.3 Å². The van der Waals surface area contributed by atoms with Gasteiger partial charge >= 0.3 is 0 Å². The van der Waals surface area contributed by atoms with Crippen LogP contribution in [0.25, 0.3) is 0 Å². The summed E-state index contributed by atoms with van der Waals surface area (Å²) < 4.78 is 27.9. The van der Waals surface area contributed by atoms with E-state index in [0.29, 0.717) is 26.2 Å². The number of hydrogen-bond acceptors (Lipinski definition) is 7. The molecule has 0 unspecified atom stereocenters. The zero-order chi connectivity index (χ0) is 20.8. The molecule has 0 aromatic carbocycles. The molecule has 3 saturated heterocycles. The maximum absolute atomic E-state index is 12.6. The van der Waals surface area contributed by atoms with Crippen molar-refractivity contribution in [2.45, 2.75) is 26.2 Å². The minimum absolute atomic E-state index is 0.0294. The van der Waals surface area contributed by atoms with Crippen molar-refractivity contribution < 1.29 is 13.5 Å². The van der Waals surface area contributed by atoms with Crippen LogP contribution in [-0.4, -0.2) is 92.1 Å². The Morgan fingerprint density at radius 2 is 1.90 bits per heavy atom. The first-order chi connectivity index (χ1) is 13.8. The molecule has 9 nitrogen and oxygen atoms in total. The highest BCUT2D eigenvalue weighted by Gasteiger charge is 2.55. The zero-order valence-corrected chi connectivity index (χ0v) is 18.4. The number of aliphatic hydroxyl groups excluding tert-OH is 1. The van der Waals surface area contributed by atoms with Crippen molar-refractivity contribution in [3.8, 4) is 0 Å². The molecule has 1 aromatic heterocycles. The molecule has 0 spiro atoms. The summed E-state index contributed by atoms with van der Waals surface area (Å²) in [6.07, 6.45) is 3.18. The molecule has 1 N–H and O–H groups in total. The third-order valence-electron chi connectivity index (χ3n) is 6.66. The van der Waals surface area contributed by atoms with Gasteiger partial charge in [0, 0.05) is 76.5 Å². The fourth-order valence-electron chi connectivity index (χ4n) is 4.81. The number of hydrogen-bond donors (Lipinski definition) is 1. The van der Waals surface area contributed by atoms with Gasteiger partial charge in [-0.25, -0.2) is 4.98 Å². The van der Waals surface area contributed by atoms with Crippen molar-refractivity contribution in [1.82, 2.24) is 18.6 Å². The largest absolute Gasteiger partial charge is 0.396 e. The van der Waals surface area contributed by atoms with Gasteiger partial charge in [0.2, 0.25) is 5.95 Å². The molecule has 10 heteroatoms. The number of fused-ring (bicyclic) bond motifs is 1. The van der Waals surface area contributed by atoms with Crippen molar-refractivity contribution in [3.63, 3.8) is 0 Å². The second kappa shape index (κ2) is 7.64. The van der Waals surface area contributed by atoms with Crippen LogP contribution in [0.1, 0.15) is 25.5 Å². The zero-order valence-electron chi connectivity index (χ0n) is 17.6. The maximum Gasteiger partial charge on any atom is 0.281 e. The van der Waals surface area contributed by atoms with Gasteiger partial charge in [-0.3, -0.25) is 0 Å². The number of aryl methyl sites for hydroxylation is 1. The third-order valence-corrected chi connectivity index (χ3v) is 8.51. The normalized spacial score (nSPS) is 28.0. The fraction of sp³-hybridized carbons (Fsp3) is 0.789. The maximum atomic E-state index is 12.6. The van der Waals surface area contributed by atoms with Crippen molar-refractivity contribution in [1.29, 1.82) is 0 Å². The van der Waals surface area contributed by atoms with Gasteiger partial charge < -0.3 is 14.9 Å². The highest BCUT2D eigenvalue weighted by molar-refractivity contribution is 7.86. The second-order valence-electron chi connectivity index (χ2n) is 8.75. The quantitative estimate of drug-likeness (QED) is 0.696. The van der Waals surface area contributed by atoms with E-state index >= 15 is 0 Å². The van der Waals surface area contributed by atoms with Crippen molar-refractivity contribution in [2.24, 2.45) is 11.3 Å². The topological polar surface area (TPSA) is 93.1 Å². The molecule has 3 aliphatic rings. The summed E-state index contributed by atoms with van der Waals surface area (Å²) in [7, 11) is -0.373. The standard InChI is InChI=1S/C19H32N6O3S/c1-4-16-9-17(21-18(20-16)23-7-5-6-8-23)24-10-15-11-25(29(27,28)22(2)3)13-19(15,12-24)14-26/h9,15,26H,4-8,10-14H2,1-3H3/t15-,19+/m0/s1. The summed E-state index contributed by atoms with van der Waals surface area (Å²) in [6, 6.07) is 2.04. The van der Waals surface area contributed by atoms with Gasteiger partial charge in [-0.2, -0.15) is 22.0 Å². The Labute approximate surface area is 173 Å². The molecule has 29 heavy (non-hydrogen) atoms. The van der Waals surface area contributed by atoms with Crippen LogP contribution in [0.3, 0.4) is 0 Å². The van der Waals surface area contributed by atoms with E-state index < -0.39 is 15.6 Å². The average molecular weight is 425 g/mol. The molecule has 0 aliphatic carbocycles. The first-order valence-corrected chi connectivity index (χ1v) is 11.8. The van der Waals surface area contributed by atoms with Crippen LogP contribution in [0.5, 0.6) is 0 Å². The van der Waals surface area contributed by atoms with E-state index in [1.165, 1.54) is 21.5 Å². The molecule has 4 rings (SSSR count). The average Bonchev–Trinajstić information content (AvgIpc) is 3.42. The van der Waals surface area contributed by atoms with E-state index in [1.807, 2.05) is 6.07 Å². The predicted octanol–water partition coefficient (Wildman–Crippen LogP) is 0.176. The fourth-order valence-corrected chi connectivity index (χ4v) is 6.06. The SMILES string of the molecule is CCc1cc(N2C[C@H]3CN(S(=O)(=O)N(C)C)C[C@@]3(CO)C2)nc(N2CCCC2)n1. The van der Waals surface area contributed by atoms with Gasteiger partial charge in [0.15, 0.2) is 0 Å². The number of anilines is 2. The van der Waals surface area contributed by atoms with Crippen LogP contribution in [0.4, 0.5) is 11.8 Å². The molecule has 3 aliphatic heterocycles. The molecule has 2 atom stereocenters. The van der Waals surface area contributed by atoms with E-state index in [-0.39, 0.29) is 12.5 Å². The van der Waals surface area contributed by atoms with Gasteiger partial charge in [0.25, 0.3) is 10.2 Å². The second-order valence-corrected chi connectivity index (χ2v) is 10.9. The van der Waals surface area contributed by atoms with E-state index in [2.05, 4.69) is 16.7 Å². The molecular formula is C19H32N6O3S. The molecule has 0 saturated carbocycles. The summed E-state index contributed by atoms with van der Waals surface area (Å²) in [4.78, 5) is 14.0. The van der Waals surface area contributed by atoms with Gasteiger partial charge in [0.1, 0.15) is 5.82 Å². The van der Waals surface area contributed by atoms with Crippen LogP contribution < -0.4 is 9.80 Å². The minimum Gasteiger partial charge on any atom is -0.396 e. The van der Waals surface area contributed by atoms with E-state index in [1.54, 1.807) is 14.1 Å². The Kier molecular flexibility index (Phi) is 5.47. The summed E-state index contributed by atoms with van der Waals surface area (Å²) in [5.41, 5.74) is 0.567. The molecule has 0 radical (unpaired) electrons. The molecule has 4 heterocycles. The van der Waals surface area contributed by atoms with Crippen LogP contribution >= 0.6 is 0 Å².